The van der Waals surface area contributed by atoms with Crippen molar-refractivity contribution in [3.63, 3.8) is 0 Å². The number of hydrogen-bond acceptors (Lipinski definition) is 2. The van der Waals surface area contributed by atoms with Crippen molar-refractivity contribution in [1.29, 1.82) is 0 Å². The Kier molecular flexibility index (Phi) is 3.13. The zero-order chi connectivity index (χ0) is 11.9. The molecule has 0 spiro atoms. The molecule has 4 atom stereocenters. The van der Waals surface area contributed by atoms with Crippen molar-refractivity contribution in [3.05, 3.63) is 0 Å². The predicted molar refractivity (Wildman–Crippen MR) is 64.0 cm³/mol. The van der Waals surface area contributed by atoms with Crippen LogP contribution >= 0.6 is 0 Å². The van der Waals surface area contributed by atoms with E-state index in [9.17, 15) is 9.90 Å². The largest absolute Gasteiger partial charge is 0.389 e. The first kappa shape index (κ1) is 12.1. The van der Waals surface area contributed by atoms with Gasteiger partial charge in [0.1, 0.15) is 5.78 Å². The molecular weight excluding hydrogens is 200 g/mol. The molecule has 2 fully saturated rings. The summed E-state index contributed by atoms with van der Waals surface area (Å²) in [6.45, 7) is 6.59. The van der Waals surface area contributed by atoms with E-state index in [2.05, 4.69) is 20.8 Å². The summed E-state index contributed by atoms with van der Waals surface area (Å²) in [7, 11) is 0. The molecule has 1 N–H and O–H groups in total. The number of ketones is 1. The molecule has 2 rings (SSSR count). The number of carbonyl (C=O) groups is 1. The highest BCUT2D eigenvalue weighted by Gasteiger charge is 2.52. The van der Waals surface area contributed by atoms with Gasteiger partial charge in [-0.3, -0.25) is 4.79 Å². The number of fused-ring (bicyclic) bond motifs is 1. The predicted octanol–water partition coefficient (Wildman–Crippen LogP) is 2.79. The van der Waals surface area contributed by atoms with Crippen molar-refractivity contribution in [2.45, 2.75) is 58.5 Å². The standard InChI is InChI=1S/C14H24O2/c1-9(2)12-6-4-10(3)13-7-5-11(15)8-14(12,13)16/h9-10,12-13,16H,4-8H2,1-3H3/t10-,12+,13+,14-/m0/s1. The first-order valence-corrected chi connectivity index (χ1v) is 6.69. The summed E-state index contributed by atoms with van der Waals surface area (Å²) in [5, 5.41) is 10.9. The van der Waals surface area contributed by atoms with E-state index in [-0.39, 0.29) is 5.78 Å². The maximum absolute atomic E-state index is 11.6. The lowest BCUT2D eigenvalue weighted by molar-refractivity contribution is -0.162. The summed E-state index contributed by atoms with van der Waals surface area (Å²) in [6.07, 6.45) is 4.29. The van der Waals surface area contributed by atoms with Crippen molar-refractivity contribution < 1.29 is 9.90 Å². The number of Topliss-reactive ketones (excluding diaryl/α,β-unsaturated/α-hetero) is 1. The van der Waals surface area contributed by atoms with Gasteiger partial charge >= 0.3 is 0 Å². The normalized spacial score (nSPS) is 44.6. The second kappa shape index (κ2) is 4.14. The van der Waals surface area contributed by atoms with Crippen molar-refractivity contribution in [1.82, 2.24) is 0 Å². The van der Waals surface area contributed by atoms with Gasteiger partial charge < -0.3 is 5.11 Å². The highest BCUT2D eigenvalue weighted by atomic mass is 16.3. The summed E-state index contributed by atoms with van der Waals surface area (Å²) in [6, 6.07) is 0. The van der Waals surface area contributed by atoms with Crippen molar-refractivity contribution in [2.24, 2.45) is 23.7 Å². The zero-order valence-electron chi connectivity index (χ0n) is 10.7. The van der Waals surface area contributed by atoms with Gasteiger partial charge in [0.2, 0.25) is 0 Å². The maximum Gasteiger partial charge on any atom is 0.135 e. The third-order valence-electron chi connectivity index (χ3n) is 4.92. The third-order valence-corrected chi connectivity index (χ3v) is 4.92. The van der Waals surface area contributed by atoms with Crippen LogP contribution < -0.4 is 0 Å². The van der Waals surface area contributed by atoms with Gasteiger partial charge in [-0.2, -0.15) is 0 Å². The molecule has 2 aliphatic rings. The van der Waals surface area contributed by atoms with E-state index in [4.69, 9.17) is 0 Å². The molecule has 0 radical (unpaired) electrons. The highest BCUT2D eigenvalue weighted by molar-refractivity contribution is 5.80. The number of hydrogen-bond donors (Lipinski definition) is 1. The highest BCUT2D eigenvalue weighted by Crippen LogP contribution is 2.50. The SMILES string of the molecule is CC(C)[C@H]1CC[C@H](C)[C@H]2CCC(=O)C[C@]12O. The molecule has 0 unspecified atom stereocenters. The van der Waals surface area contributed by atoms with Crippen LogP contribution in [0.15, 0.2) is 0 Å². The van der Waals surface area contributed by atoms with Crippen LogP contribution in [0.4, 0.5) is 0 Å². The minimum atomic E-state index is -0.693. The smallest absolute Gasteiger partial charge is 0.135 e. The van der Waals surface area contributed by atoms with Gasteiger partial charge in [-0.25, -0.2) is 0 Å². The fraction of sp³-hybridized carbons (Fsp3) is 0.929. The Bertz CT molecular complexity index is 280. The van der Waals surface area contributed by atoms with Crippen molar-refractivity contribution >= 4 is 5.78 Å². The lowest BCUT2D eigenvalue weighted by Crippen LogP contribution is -2.56. The van der Waals surface area contributed by atoms with Gasteiger partial charge in [0.05, 0.1) is 5.60 Å². The topological polar surface area (TPSA) is 37.3 Å². The average Bonchev–Trinajstić information content (AvgIpc) is 2.15. The van der Waals surface area contributed by atoms with Crippen LogP contribution in [0, 0.1) is 23.7 Å². The minimum absolute atomic E-state index is 0.263. The Balaban J connectivity index is 2.28. The molecule has 2 saturated carbocycles. The van der Waals surface area contributed by atoms with E-state index in [0.29, 0.717) is 36.5 Å². The van der Waals surface area contributed by atoms with E-state index in [1.54, 1.807) is 0 Å². The molecule has 0 saturated heterocycles. The second-order valence-electron chi connectivity index (χ2n) is 6.26. The lowest BCUT2D eigenvalue weighted by atomic mass is 9.56. The minimum Gasteiger partial charge on any atom is -0.389 e. The molecule has 16 heavy (non-hydrogen) atoms. The Morgan fingerprint density at radius 2 is 2.00 bits per heavy atom. The zero-order valence-corrected chi connectivity index (χ0v) is 10.7. The van der Waals surface area contributed by atoms with Gasteiger partial charge in [-0.1, -0.05) is 20.8 Å². The van der Waals surface area contributed by atoms with E-state index in [1.165, 1.54) is 6.42 Å². The van der Waals surface area contributed by atoms with Crippen LogP contribution in [0.25, 0.3) is 0 Å². The maximum atomic E-state index is 11.6. The fourth-order valence-electron chi connectivity index (χ4n) is 4.09. The Morgan fingerprint density at radius 1 is 1.31 bits per heavy atom. The van der Waals surface area contributed by atoms with Crippen molar-refractivity contribution in [2.75, 3.05) is 0 Å². The van der Waals surface area contributed by atoms with E-state index in [1.807, 2.05) is 0 Å². The summed E-state index contributed by atoms with van der Waals surface area (Å²) >= 11 is 0. The molecule has 0 heterocycles. The van der Waals surface area contributed by atoms with Crippen LogP contribution in [0.1, 0.15) is 52.9 Å². The van der Waals surface area contributed by atoms with Gasteiger partial charge in [0.15, 0.2) is 0 Å². The first-order valence-electron chi connectivity index (χ1n) is 6.69. The van der Waals surface area contributed by atoms with E-state index in [0.717, 1.165) is 12.8 Å². The second-order valence-corrected chi connectivity index (χ2v) is 6.26. The third kappa shape index (κ3) is 1.81. The fourth-order valence-corrected chi connectivity index (χ4v) is 4.09. The van der Waals surface area contributed by atoms with Gasteiger partial charge in [0, 0.05) is 12.8 Å². The Hall–Kier alpha value is -0.370. The first-order chi connectivity index (χ1) is 7.45. The van der Waals surface area contributed by atoms with Gasteiger partial charge in [-0.05, 0) is 42.9 Å². The van der Waals surface area contributed by atoms with Crippen molar-refractivity contribution in [3.8, 4) is 0 Å². The number of carbonyl (C=O) groups excluding carboxylic acids is 1. The van der Waals surface area contributed by atoms with Gasteiger partial charge in [-0.15, -0.1) is 0 Å². The lowest BCUT2D eigenvalue weighted by Gasteiger charge is -2.52. The monoisotopic (exact) mass is 224 g/mol. The molecular formula is C14H24O2. The molecule has 2 nitrogen and oxygen atoms in total. The van der Waals surface area contributed by atoms with Crippen LogP contribution in [0.3, 0.4) is 0 Å². The van der Waals surface area contributed by atoms with Crippen LogP contribution in [-0.2, 0) is 4.79 Å². The van der Waals surface area contributed by atoms with Crippen LogP contribution in [-0.4, -0.2) is 16.5 Å². The quantitative estimate of drug-likeness (QED) is 0.743. The molecule has 0 amide bonds. The average molecular weight is 224 g/mol. The summed E-state index contributed by atoms with van der Waals surface area (Å²) in [4.78, 5) is 11.6. The molecule has 92 valence electrons. The number of rotatable bonds is 1. The van der Waals surface area contributed by atoms with Crippen LogP contribution in [0.2, 0.25) is 0 Å². The summed E-state index contributed by atoms with van der Waals surface area (Å²) < 4.78 is 0. The molecule has 0 aliphatic heterocycles. The molecule has 2 aliphatic carbocycles. The molecule has 0 aromatic heterocycles. The van der Waals surface area contributed by atoms with Crippen LogP contribution in [0.5, 0.6) is 0 Å². The Morgan fingerprint density at radius 3 is 2.62 bits per heavy atom. The van der Waals surface area contributed by atoms with E-state index >= 15 is 0 Å². The van der Waals surface area contributed by atoms with E-state index < -0.39 is 5.60 Å². The molecule has 2 heteroatoms. The molecule has 0 aromatic carbocycles. The molecule has 0 aromatic rings. The van der Waals surface area contributed by atoms with Gasteiger partial charge in [0.25, 0.3) is 0 Å². The molecule has 0 bridgehead atoms. The summed E-state index contributed by atoms with van der Waals surface area (Å²) in [5.74, 6) is 1.99. The Labute approximate surface area is 98.4 Å². The number of aliphatic hydroxyl groups is 1. The summed E-state index contributed by atoms with van der Waals surface area (Å²) in [5.41, 5.74) is -0.693.